The lowest BCUT2D eigenvalue weighted by Crippen LogP contribution is -2.32. The van der Waals surface area contributed by atoms with Crippen molar-refractivity contribution in [2.24, 2.45) is 16.7 Å². The summed E-state index contributed by atoms with van der Waals surface area (Å²) in [6.07, 6.45) is 1.56. The van der Waals surface area contributed by atoms with Gasteiger partial charge in [0.1, 0.15) is 0 Å². The number of carbonyl (C=O) groups excluding carboxylic acids is 1. The lowest BCUT2D eigenvalue weighted by Gasteiger charge is -2.31. The maximum atomic E-state index is 12.2. The van der Waals surface area contributed by atoms with E-state index in [0.717, 1.165) is 12.8 Å². The van der Waals surface area contributed by atoms with Crippen LogP contribution < -0.4 is 0 Å². The van der Waals surface area contributed by atoms with Crippen LogP contribution in [0.5, 0.6) is 0 Å². The molecule has 0 aromatic carbocycles. The molecule has 4 nitrogen and oxygen atoms in total. The van der Waals surface area contributed by atoms with Crippen molar-refractivity contribution < 1.29 is 19.8 Å². The van der Waals surface area contributed by atoms with E-state index in [-0.39, 0.29) is 22.7 Å². The third-order valence-corrected chi connectivity index (χ3v) is 4.78. The van der Waals surface area contributed by atoms with Gasteiger partial charge in [0.2, 0.25) is 5.76 Å². The Balaban J connectivity index is 2.61. The van der Waals surface area contributed by atoms with Gasteiger partial charge in [-0.1, -0.05) is 20.8 Å². The molecule has 0 saturated heterocycles. The fourth-order valence-corrected chi connectivity index (χ4v) is 3.26. The predicted octanol–water partition coefficient (Wildman–Crippen LogP) is 1.91. The van der Waals surface area contributed by atoms with Crippen molar-refractivity contribution in [3.05, 3.63) is 11.3 Å². The molecule has 0 amide bonds. The lowest BCUT2D eigenvalue weighted by atomic mass is 9.70. The van der Waals surface area contributed by atoms with E-state index in [1.807, 2.05) is 20.8 Å². The number of carboxylic acid groups (broad SMARTS) is 1. The number of hydrogen-bond donors (Lipinski definition) is 2. The molecule has 2 bridgehead atoms. The molecule has 16 heavy (non-hydrogen) atoms. The zero-order chi connectivity index (χ0) is 12.3. The minimum Gasteiger partial charge on any atom is -0.502 e. The summed E-state index contributed by atoms with van der Waals surface area (Å²) in [7, 11) is 0. The highest BCUT2D eigenvalue weighted by Crippen LogP contribution is 2.65. The monoisotopic (exact) mass is 224 g/mol. The van der Waals surface area contributed by atoms with Gasteiger partial charge in [0.15, 0.2) is 5.78 Å². The Morgan fingerprint density at radius 1 is 1.31 bits per heavy atom. The van der Waals surface area contributed by atoms with Crippen LogP contribution in [0.1, 0.15) is 33.6 Å². The van der Waals surface area contributed by atoms with Gasteiger partial charge < -0.3 is 10.2 Å². The smallest absolute Gasteiger partial charge is 0.371 e. The number of carboxylic acids is 1. The molecule has 2 N–H and O–H groups in total. The molecule has 88 valence electrons. The third-order valence-electron chi connectivity index (χ3n) is 4.78. The Kier molecular flexibility index (Phi) is 2.00. The number of fused-ring (bicyclic) bond motifs is 2. The number of carbonyl (C=O) groups is 2. The third kappa shape index (κ3) is 0.996. The van der Waals surface area contributed by atoms with Crippen LogP contribution in [0, 0.1) is 16.7 Å². The molecule has 2 fully saturated rings. The van der Waals surface area contributed by atoms with E-state index in [9.17, 15) is 14.7 Å². The number of aliphatic carboxylic acids is 1. The van der Waals surface area contributed by atoms with E-state index in [1.54, 1.807) is 0 Å². The van der Waals surface area contributed by atoms with Gasteiger partial charge in [-0.05, 0) is 24.2 Å². The fraction of sp³-hybridized carbons (Fsp3) is 0.667. The Labute approximate surface area is 94.0 Å². The van der Waals surface area contributed by atoms with Gasteiger partial charge in [0.05, 0.1) is 0 Å². The van der Waals surface area contributed by atoms with Crippen LogP contribution in [0.4, 0.5) is 0 Å². The van der Waals surface area contributed by atoms with Gasteiger partial charge in [0.25, 0.3) is 0 Å². The molecule has 0 aromatic rings. The molecule has 4 heteroatoms. The van der Waals surface area contributed by atoms with Crippen molar-refractivity contribution in [3.63, 3.8) is 0 Å². The number of ketones is 1. The van der Waals surface area contributed by atoms with Crippen molar-refractivity contribution >= 4 is 11.8 Å². The number of rotatable bonds is 1. The summed E-state index contributed by atoms with van der Waals surface area (Å²) in [5.41, 5.74) is -0.648. The SMILES string of the molecule is CC1(C)[C@@H]2CC[C@]1(C)C(=O)/C2=C(\O)C(=O)O. The van der Waals surface area contributed by atoms with Gasteiger partial charge in [-0.2, -0.15) is 0 Å². The molecule has 2 aliphatic rings. The Morgan fingerprint density at radius 3 is 2.25 bits per heavy atom. The molecule has 0 heterocycles. The first-order valence-electron chi connectivity index (χ1n) is 5.44. The summed E-state index contributed by atoms with van der Waals surface area (Å²) >= 11 is 0. The second-order valence-electron chi connectivity index (χ2n) is 5.54. The van der Waals surface area contributed by atoms with Crippen LogP contribution in [-0.4, -0.2) is 22.0 Å². The zero-order valence-corrected chi connectivity index (χ0v) is 9.70. The van der Waals surface area contributed by atoms with Gasteiger partial charge >= 0.3 is 5.97 Å². The largest absolute Gasteiger partial charge is 0.502 e. The van der Waals surface area contributed by atoms with Crippen molar-refractivity contribution in [2.75, 3.05) is 0 Å². The molecular weight excluding hydrogens is 208 g/mol. The van der Waals surface area contributed by atoms with E-state index >= 15 is 0 Å². The molecular formula is C12H16O4. The average Bonchev–Trinajstić information content (AvgIpc) is 2.48. The first-order valence-corrected chi connectivity index (χ1v) is 5.44. The maximum Gasteiger partial charge on any atom is 0.371 e. The quantitative estimate of drug-likeness (QED) is 0.527. The van der Waals surface area contributed by atoms with Gasteiger partial charge in [-0.25, -0.2) is 4.79 Å². The summed E-state index contributed by atoms with van der Waals surface area (Å²) < 4.78 is 0. The van der Waals surface area contributed by atoms with E-state index < -0.39 is 17.1 Å². The summed E-state index contributed by atoms with van der Waals surface area (Å²) in [5, 5.41) is 18.3. The van der Waals surface area contributed by atoms with E-state index in [4.69, 9.17) is 5.11 Å². The molecule has 0 unspecified atom stereocenters. The molecule has 2 rings (SSSR count). The Hall–Kier alpha value is -1.32. The standard InChI is InChI=1S/C12H16O4/c1-11(2)6-4-5-12(11,3)9(14)7(6)8(13)10(15)16/h6,13H,4-5H2,1-3H3,(H,15,16)/b8-7-/t6-,12-/m1/s1. The number of hydrogen-bond acceptors (Lipinski definition) is 3. The molecule has 2 saturated carbocycles. The summed E-state index contributed by atoms with van der Waals surface area (Å²) in [5.74, 6) is -2.48. The van der Waals surface area contributed by atoms with E-state index in [1.165, 1.54) is 0 Å². The summed E-state index contributed by atoms with van der Waals surface area (Å²) in [4.78, 5) is 22.9. The van der Waals surface area contributed by atoms with Crippen LogP contribution in [0.15, 0.2) is 11.3 Å². The predicted molar refractivity (Wildman–Crippen MR) is 56.9 cm³/mol. The molecule has 0 aromatic heterocycles. The van der Waals surface area contributed by atoms with Crippen LogP contribution in [-0.2, 0) is 9.59 Å². The Bertz CT molecular complexity index is 419. The normalized spacial score (nSPS) is 38.9. The van der Waals surface area contributed by atoms with E-state index in [0.29, 0.717) is 0 Å². The van der Waals surface area contributed by atoms with Crippen molar-refractivity contribution in [1.29, 1.82) is 0 Å². The second kappa shape index (κ2) is 2.87. The van der Waals surface area contributed by atoms with Crippen LogP contribution >= 0.6 is 0 Å². The van der Waals surface area contributed by atoms with Crippen LogP contribution in [0.3, 0.4) is 0 Å². The van der Waals surface area contributed by atoms with Gasteiger partial charge in [-0.3, -0.25) is 4.79 Å². The van der Waals surface area contributed by atoms with Crippen molar-refractivity contribution in [1.82, 2.24) is 0 Å². The molecule has 0 aliphatic heterocycles. The average molecular weight is 224 g/mol. The zero-order valence-electron chi connectivity index (χ0n) is 9.70. The summed E-state index contributed by atoms with van der Waals surface area (Å²) in [6, 6.07) is 0. The second-order valence-corrected chi connectivity index (χ2v) is 5.54. The summed E-state index contributed by atoms with van der Waals surface area (Å²) in [6.45, 7) is 5.83. The highest BCUT2D eigenvalue weighted by atomic mass is 16.4. The number of aliphatic hydroxyl groups excluding tert-OH is 1. The molecule has 2 aliphatic carbocycles. The first kappa shape index (κ1) is 11.2. The fourth-order valence-electron chi connectivity index (χ4n) is 3.26. The number of Topliss-reactive ketones (excluding diaryl/α,β-unsaturated/α-hetero) is 1. The molecule has 2 atom stereocenters. The first-order chi connectivity index (χ1) is 7.23. The highest BCUT2D eigenvalue weighted by molar-refractivity contribution is 6.09. The molecule has 0 spiro atoms. The number of allylic oxidation sites excluding steroid dienone is 1. The van der Waals surface area contributed by atoms with Crippen molar-refractivity contribution in [3.8, 4) is 0 Å². The highest BCUT2D eigenvalue weighted by Gasteiger charge is 2.65. The van der Waals surface area contributed by atoms with E-state index in [2.05, 4.69) is 0 Å². The van der Waals surface area contributed by atoms with Crippen molar-refractivity contribution in [2.45, 2.75) is 33.6 Å². The van der Waals surface area contributed by atoms with Gasteiger partial charge in [0, 0.05) is 11.0 Å². The lowest BCUT2D eigenvalue weighted by molar-refractivity contribution is -0.136. The minimum absolute atomic E-state index is 0.124. The van der Waals surface area contributed by atoms with Gasteiger partial charge in [-0.15, -0.1) is 0 Å². The number of aliphatic hydroxyl groups is 1. The van der Waals surface area contributed by atoms with Crippen LogP contribution in [0.25, 0.3) is 0 Å². The minimum atomic E-state index is -1.41. The topological polar surface area (TPSA) is 74.6 Å². The molecule has 0 radical (unpaired) electrons. The Morgan fingerprint density at radius 2 is 1.88 bits per heavy atom. The maximum absolute atomic E-state index is 12.2. The van der Waals surface area contributed by atoms with Crippen LogP contribution in [0.2, 0.25) is 0 Å².